The fraction of sp³-hybridized carbons (Fsp3) is 0.256. The summed E-state index contributed by atoms with van der Waals surface area (Å²) in [5.41, 5.74) is 13.7. The summed E-state index contributed by atoms with van der Waals surface area (Å²) in [7, 11) is 5.81. The van der Waals surface area contributed by atoms with E-state index < -0.39 is 0 Å². The predicted octanol–water partition coefficient (Wildman–Crippen LogP) is 9.81. The molecule has 8 heteroatoms. The van der Waals surface area contributed by atoms with Crippen LogP contribution >= 0.6 is 15.9 Å². The van der Waals surface area contributed by atoms with E-state index in [4.69, 9.17) is 0 Å². The van der Waals surface area contributed by atoms with Gasteiger partial charge in [-0.15, -0.1) is 0 Å². The number of fused-ring (bicyclic) bond motifs is 3. The molecule has 256 valence electrons. The van der Waals surface area contributed by atoms with Crippen molar-refractivity contribution in [1.29, 1.82) is 5.26 Å². The van der Waals surface area contributed by atoms with Crippen molar-refractivity contribution in [1.82, 2.24) is 29.3 Å². The fourth-order valence-corrected chi connectivity index (χ4v) is 8.10. The van der Waals surface area contributed by atoms with E-state index >= 15 is 0 Å². The molecule has 0 aliphatic heterocycles. The van der Waals surface area contributed by atoms with Gasteiger partial charge in [0.2, 0.25) is 0 Å². The van der Waals surface area contributed by atoms with Gasteiger partial charge >= 0.3 is 0 Å². The van der Waals surface area contributed by atoms with Crippen molar-refractivity contribution < 1.29 is 0 Å². The van der Waals surface area contributed by atoms with Gasteiger partial charge in [-0.3, -0.25) is 14.0 Å². The Labute approximate surface area is 308 Å². The average Bonchev–Trinajstić information content (AvgIpc) is 3.92. The molecule has 0 unspecified atom stereocenters. The normalized spacial score (nSPS) is 13.2. The molecule has 51 heavy (non-hydrogen) atoms. The van der Waals surface area contributed by atoms with Gasteiger partial charge in [0.25, 0.3) is 0 Å². The van der Waals surface area contributed by atoms with E-state index in [1.807, 2.05) is 67.6 Å². The Morgan fingerprint density at radius 2 is 1.12 bits per heavy atom. The summed E-state index contributed by atoms with van der Waals surface area (Å²) >= 11 is 3.68. The van der Waals surface area contributed by atoms with Gasteiger partial charge in [-0.25, -0.2) is 0 Å². The van der Waals surface area contributed by atoms with Gasteiger partial charge in [-0.05, 0) is 102 Å². The highest BCUT2D eigenvalue weighted by molar-refractivity contribution is 9.10. The first-order valence-electron chi connectivity index (χ1n) is 17.7. The number of nitrogens with zero attached hydrogens (tertiary/aromatic N) is 7. The highest BCUT2D eigenvalue weighted by atomic mass is 79.9. The Bertz CT molecular complexity index is 2350. The molecule has 0 N–H and O–H groups in total. The number of hydrogen-bond acceptors (Lipinski definition) is 4. The monoisotopic (exact) mass is 735 g/mol. The molecule has 3 aromatic heterocycles. The maximum absolute atomic E-state index is 9.31. The van der Waals surface area contributed by atoms with Crippen LogP contribution in [0.15, 0.2) is 108 Å². The lowest BCUT2D eigenvalue weighted by molar-refractivity contribution is 0.686. The lowest BCUT2D eigenvalue weighted by Crippen LogP contribution is -2.05. The number of aromatic nitrogens is 6. The first-order valence-corrected chi connectivity index (χ1v) is 18.5. The Kier molecular flexibility index (Phi) is 10.3. The van der Waals surface area contributed by atoms with E-state index in [1.54, 1.807) is 4.68 Å². The summed E-state index contributed by atoms with van der Waals surface area (Å²) in [5, 5.41) is 24.6. The van der Waals surface area contributed by atoms with Crippen molar-refractivity contribution >= 4 is 26.7 Å². The van der Waals surface area contributed by atoms with Crippen molar-refractivity contribution in [2.45, 2.75) is 51.4 Å². The molecule has 9 rings (SSSR count). The SMILES string of the molecule is Cn1cc(-c2c(Br)ccc3c2CCCC3)cn1.Cn1cc(-c2c(C#N)ccc3c2CCCC3)cn1.Cn1cc(-c2cccc3ccccc23)cn1. The van der Waals surface area contributed by atoms with E-state index in [0.29, 0.717) is 0 Å². The first-order chi connectivity index (χ1) is 24.9. The minimum Gasteiger partial charge on any atom is -0.275 e. The van der Waals surface area contributed by atoms with Crippen LogP contribution < -0.4 is 0 Å². The van der Waals surface area contributed by atoms with Gasteiger partial charge in [0.1, 0.15) is 0 Å². The van der Waals surface area contributed by atoms with E-state index in [-0.39, 0.29) is 0 Å². The van der Waals surface area contributed by atoms with Gasteiger partial charge in [0.05, 0.1) is 30.2 Å². The van der Waals surface area contributed by atoms with Crippen LogP contribution in [0.1, 0.15) is 53.5 Å². The van der Waals surface area contributed by atoms with E-state index in [2.05, 4.69) is 104 Å². The van der Waals surface area contributed by atoms with Gasteiger partial charge < -0.3 is 0 Å². The highest BCUT2D eigenvalue weighted by Crippen LogP contribution is 2.37. The molecule has 4 aromatic carbocycles. The third-order valence-corrected chi connectivity index (χ3v) is 10.6. The van der Waals surface area contributed by atoms with Crippen molar-refractivity contribution in [3.8, 4) is 39.4 Å². The van der Waals surface area contributed by atoms with Crippen LogP contribution in [0.4, 0.5) is 0 Å². The van der Waals surface area contributed by atoms with E-state index in [1.165, 1.54) is 98.3 Å². The van der Waals surface area contributed by atoms with Gasteiger partial charge in [-0.2, -0.15) is 20.6 Å². The van der Waals surface area contributed by atoms with Crippen LogP contribution in [-0.4, -0.2) is 29.3 Å². The molecule has 3 heterocycles. The minimum atomic E-state index is 0.767. The Morgan fingerprint density at radius 1 is 0.588 bits per heavy atom. The second-order valence-electron chi connectivity index (χ2n) is 13.4. The molecule has 0 atom stereocenters. The molecule has 7 nitrogen and oxygen atoms in total. The van der Waals surface area contributed by atoms with E-state index in [0.717, 1.165) is 29.5 Å². The molecule has 0 fully saturated rings. The summed E-state index contributed by atoms with van der Waals surface area (Å²) in [6, 6.07) is 25.6. The van der Waals surface area contributed by atoms with Crippen LogP contribution in [0.5, 0.6) is 0 Å². The minimum absolute atomic E-state index is 0.767. The third-order valence-electron chi connectivity index (χ3n) is 9.93. The number of aryl methyl sites for hydroxylation is 5. The van der Waals surface area contributed by atoms with Crippen molar-refractivity contribution in [2.75, 3.05) is 0 Å². The van der Waals surface area contributed by atoms with Gasteiger partial charge in [0.15, 0.2) is 0 Å². The molecule has 7 aromatic rings. The largest absolute Gasteiger partial charge is 0.275 e. The van der Waals surface area contributed by atoms with Gasteiger partial charge in [0, 0.05) is 72.0 Å². The summed E-state index contributed by atoms with van der Waals surface area (Å²) in [6.45, 7) is 0. The summed E-state index contributed by atoms with van der Waals surface area (Å²) in [4.78, 5) is 0. The number of nitriles is 1. The van der Waals surface area contributed by atoms with Crippen LogP contribution in [0, 0.1) is 11.3 Å². The molecule has 0 radical (unpaired) electrons. The average molecular weight is 737 g/mol. The lowest BCUT2D eigenvalue weighted by Gasteiger charge is -2.20. The molecule has 2 aliphatic carbocycles. The molecule has 2 aliphatic rings. The first kappa shape index (κ1) is 34.2. The van der Waals surface area contributed by atoms with Gasteiger partial charge in [-0.1, -0.05) is 70.5 Å². The zero-order valence-corrected chi connectivity index (χ0v) is 31.1. The third kappa shape index (κ3) is 7.45. The molecule has 0 amide bonds. The molecular weight excluding hydrogens is 694 g/mol. The fourth-order valence-electron chi connectivity index (χ4n) is 7.50. The quantitative estimate of drug-likeness (QED) is 0.181. The molecule has 0 bridgehead atoms. The highest BCUT2D eigenvalue weighted by Gasteiger charge is 2.19. The van der Waals surface area contributed by atoms with Crippen molar-refractivity contribution in [3.05, 3.63) is 136 Å². The second kappa shape index (κ2) is 15.3. The molecule has 0 saturated carbocycles. The molecule has 0 saturated heterocycles. The predicted molar refractivity (Wildman–Crippen MR) is 209 cm³/mol. The topological polar surface area (TPSA) is 77.2 Å². The Morgan fingerprint density at radius 3 is 1.73 bits per heavy atom. The Hall–Kier alpha value is -5.26. The second-order valence-corrected chi connectivity index (χ2v) is 14.3. The summed E-state index contributed by atoms with van der Waals surface area (Å²) in [6.07, 6.45) is 21.6. The van der Waals surface area contributed by atoms with Crippen LogP contribution in [0.3, 0.4) is 0 Å². The maximum Gasteiger partial charge on any atom is 0.0998 e. The number of benzene rings is 4. The summed E-state index contributed by atoms with van der Waals surface area (Å²) < 4.78 is 6.67. The standard InChI is InChI=1S/C15H15N3.C14H15BrN2.C14H12N2/c1-18-10-13(9-17-18)15-12(8-16)7-6-11-4-2-3-5-14(11)15;1-17-9-11(8-16-17)14-12-5-3-2-4-10(12)6-7-13(14)15;1-16-10-12(9-15-16)14-8-4-6-11-5-2-3-7-13(11)14/h6-7,9-10H,2-5H2,1H3;6-9H,2-5H2,1H3;2-10H,1H3. The Balaban J connectivity index is 0.000000120. The molecule has 0 spiro atoms. The van der Waals surface area contributed by atoms with Crippen molar-refractivity contribution in [2.24, 2.45) is 21.1 Å². The van der Waals surface area contributed by atoms with Crippen LogP contribution in [0.2, 0.25) is 0 Å². The maximum atomic E-state index is 9.31. The zero-order valence-electron chi connectivity index (χ0n) is 29.5. The van der Waals surface area contributed by atoms with Crippen LogP contribution in [-0.2, 0) is 46.8 Å². The lowest BCUT2D eigenvalue weighted by atomic mass is 9.84. The van der Waals surface area contributed by atoms with Crippen molar-refractivity contribution in [3.63, 3.8) is 0 Å². The number of rotatable bonds is 3. The van der Waals surface area contributed by atoms with Crippen LogP contribution in [0.25, 0.3) is 44.2 Å². The summed E-state index contributed by atoms with van der Waals surface area (Å²) in [5.74, 6) is 0. The smallest absolute Gasteiger partial charge is 0.0998 e. The number of hydrogen-bond donors (Lipinski definition) is 0. The molecular formula is C43H42BrN7. The van der Waals surface area contributed by atoms with E-state index in [9.17, 15) is 5.26 Å². The number of halogens is 1. The zero-order chi connectivity index (χ0) is 35.3.